The lowest BCUT2D eigenvalue weighted by molar-refractivity contribution is -0.141. The molecule has 0 aliphatic carbocycles. The topological polar surface area (TPSA) is 85.5 Å². The molecule has 1 heterocycles. The van der Waals surface area contributed by atoms with Crippen molar-refractivity contribution in [2.75, 3.05) is 19.5 Å². The molecule has 7 heteroatoms. The first kappa shape index (κ1) is 19.8. The van der Waals surface area contributed by atoms with E-state index < -0.39 is 11.9 Å². The van der Waals surface area contributed by atoms with Crippen LogP contribution < -0.4 is 0 Å². The second kappa shape index (κ2) is 9.24. The van der Waals surface area contributed by atoms with Crippen molar-refractivity contribution in [3.05, 3.63) is 52.8 Å². The summed E-state index contributed by atoms with van der Waals surface area (Å²) in [6.07, 6.45) is 0.211. The molecule has 0 amide bonds. The quantitative estimate of drug-likeness (QED) is 0.433. The third-order valence-corrected chi connectivity index (χ3v) is 4.80. The van der Waals surface area contributed by atoms with Crippen LogP contribution in [0, 0.1) is 13.8 Å². The molecule has 0 atom stereocenters. The Kier molecular flexibility index (Phi) is 7.03. The molecule has 0 radical (unpaired) electrons. The van der Waals surface area contributed by atoms with E-state index in [1.54, 1.807) is 25.6 Å². The Hall–Kier alpha value is -2.54. The summed E-state index contributed by atoms with van der Waals surface area (Å²) in [5.74, 6) is -0.754. The number of rotatable bonds is 8. The number of nitrogens with one attached hydrogen (secondary N) is 1. The molecule has 2 aromatic rings. The summed E-state index contributed by atoms with van der Waals surface area (Å²) in [7, 11) is 1.28. The van der Waals surface area contributed by atoms with E-state index in [9.17, 15) is 14.4 Å². The van der Waals surface area contributed by atoms with Crippen molar-refractivity contribution in [2.45, 2.75) is 25.2 Å². The van der Waals surface area contributed by atoms with E-state index in [1.807, 2.05) is 30.3 Å². The minimum Gasteiger partial charge on any atom is -0.465 e. The van der Waals surface area contributed by atoms with Crippen molar-refractivity contribution < 1.29 is 23.9 Å². The standard InChI is InChI=1S/C19H21NO5S/c1-12-17(19(23)24-3)13(2)20-18(12)15(21)11-25-16(22)9-10-26-14-7-5-4-6-8-14/h4-8,20H,9-11H2,1-3H3. The van der Waals surface area contributed by atoms with Crippen molar-refractivity contribution in [3.63, 3.8) is 0 Å². The number of thioether (sulfide) groups is 1. The van der Waals surface area contributed by atoms with Crippen molar-refractivity contribution in [1.82, 2.24) is 4.98 Å². The Morgan fingerprint density at radius 3 is 2.46 bits per heavy atom. The third-order valence-electron chi connectivity index (χ3n) is 3.79. The van der Waals surface area contributed by atoms with E-state index in [-0.39, 0.29) is 24.5 Å². The van der Waals surface area contributed by atoms with Gasteiger partial charge in [-0.1, -0.05) is 18.2 Å². The van der Waals surface area contributed by atoms with Crippen LogP contribution in [0.1, 0.15) is 38.5 Å². The molecule has 0 saturated heterocycles. The van der Waals surface area contributed by atoms with E-state index >= 15 is 0 Å². The summed E-state index contributed by atoms with van der Waals surface area (Å²) in [5.41, 5.74) is 1.63. The molecule has 0 aliphatic rings. The Labute approximate surface area is 156 Å². The van der Waals surface area contributed by atoms with Crippen LogP contribution in [0.15, 0.2) is 35.2 Å². The lowest BCUT2D eigenvalue weighted by Gasteiger charge is -2.05. The molecule has 6 nitrogen and oxygen atoms in total. The highest BCUT2D eigenvalue weighted by molar-refractivity contribution is 7.99. The van der Waals surface area contributed by atoms with Gasteiger partial charge >= 0.3 is 11.9 Å². The molecular weight excluding hydrogens is 354 g/mol. The minimum atomic E-state index is -0.509. The van der Waals surface area contributed by atoms with Crippen LogP contribution in [0.2, 0.25) is 0 Å². The zero-order valence-electron chi connectivity index (χ0n) is 15.0. The molecule has 0 saturated carbocycles. The molecule has 138 valence electrons. The zero-order valence-corrected chi connectivity index (χ0v) is 15.8. The number of benzene rings is 1. The number of ketones is 1. The molecule has 1 aromatic carbocycles. The fraction of sp³-hybridized carbons (Fsp3) is 0.316. The summed E-state index contributed by atoms with van der Waals surface area (Å²) in [5, 5.41) is 0. The fourth-order valence-corrected chi connectivity index (χ4v) is 3.35. The second-order valence-corrected chi connectivity index (χ2v) is 6.78. The first-order valence-electron chi connectivity index (χ1n) is 8.08. The Morgan fingerprint density at radius 2 is 1.81 bits per heavy atom. The summed E-state index contributed by atoms with van der Waals surface area (Å²) in [6, 6.07) is 9.73. The van der Waals surface area contributed by atoms with Gasteiger partial charge in [0.15, 0.2) is 6.61 Å². The number of aryl methyl sites for hydroxylation is 1. The lowest BCUT2D eigenvalue weighted by atomic mass is 10.1. The zero-order chi connectivity index (χ0) is 19.1. The van der Waals surface area contributed by atoms with Crippen LogP contribution in [0.3, 0.4) is 0 Å². The summed E-state index contributed by atoms with van der Waals surface area (Å²) < 4.78 is 9.76. The average Bonchev–Trinajstić information content (AvgIpc) is 2.94. The number of hydrogen-bond donors (Lipinski definition) is 1. The fourth-order valence-electron chi connectivity index (χ4n) is 2.50. The predicted molar refractivity (Wildman–Crippen MR) is 98.7 cm³/mol. The SMILES string of the molecule is COC(=O)c1c(C)[nH]c(C(=O)COC(=O)CCSc2ccccc2)c1C. The number of aromatic nitrogens is 1. The number of H-pyrrole nitrogens is 1. The number of Topliss-reactive ketones (excluding diaryl/α,β-unsaturated/α-hetero) is 1. The first-order chi connectivity index (χ1) is 12.4. The van der Waals surface area contributed by atoms with Crippen molar-refractivity contribution in [1.29, 1.82) is 0 Å². The molecule has 1 N–H and O–H groups in total. The van der Waals surface area contributed by atoms with Gasteiger partial charge in [0.05, 0.1) is 24.8 Å². The third kappa shape index (κ3) is 4.98. The van der Waals surface area contributed by atoms with Gasteiger partial charge < -0.3 is 14.5 Å². The maximum atomic E-state index is 12.3. The predicted octanol–water partition coefficient (Wildman–Crippen LogP) is 3.33. The van der Waals surface area contributed by atoms with E-state index in [0.717, 1.165) is 4.90 Å². The van der Waals surface area contributed by atoms with Crippen LogP contribution in [0.4, 0.5) is 0 Å². The van der Waals surface area contributed by atoms with Gasteiger partial charge in [0.1, 0.15) is 0 Å². The normalized spacial score (nSPS) is 10.4. The Bertz CT molecular complexity index is 798. The number of esters is 2. The summed E-state index contributed by atoms with van der Waals surface area (Å²) in [4.78, 5) is 39.8. The molecule has 0 spiro atoms. The largest absolute Gasteiger partial charge is 0.465 e. The van der Waals surface area contributed by atoms with Crippen molar-refractivity contribution in [2.24, 2.45) is 0 Å². The Morgan fingerprint density at radius 1 is 1.12 bits per heavy atom. The van der Waals surface area contributed by atoms with Gasteiger partial charge in [0.25, 0.3) is 0 Å². The molecule has 26 heavy (non-hydrogen) atoms. The van der Waals surface area contributed by atoms with Crippen LogP contribution in [-0.4, -0.2) is 42.2 Å². The number of methoxy groups -OCH3 is 1. The Balaban J connectivity index is 1.84. The van der Waals surface area contributed by atoms with Crippen LogP contribution in [-0.2, 0) is 14.3 Å². The van der Waals surface area contributed by atoms with Crippen LogP contribution in [0.25, 0.3) is 0 Å². The van der Waals surface area contributed by atoms with Gasteiger partial charge in [-0.15, -0.1) is 11.8 Å². The number of aromatic amines is 1. The van der Waals surface area contributed by atoms with Gasteiger partial charge in [0, 0.05) is 16.3 Å². The number of carbonyl (C=O) groups excluding carboxylic acids is 3. The lowest BCUT2D eigenvalue weighted by Crippen LogP contribution is -2.15. The molecule has 0 fully saturated rings. The van der Waals surface area contributed by atoms with Gasteiger partial charge in [-0.2, -0.15) is 0 Å². The van der Waals surface area contributed by atoms with Gasteiger partial charge in [0.2, 0.25) is 5.78 Å². The van der Waals surface area contributed by atoms with Crippen molar-refractivity contribution in [3.8, 4) is 0 Å². The smallest absolute Gasteiger partial charge is 0.339 e. The number of ether oxygens (including phenoxy) is 2. The monoisotopic (exact) mass is 375 g/mol. The molecule has 0 bridgehead atoms. The van der Waals surface area contributed by atoms with Gasteiger partial charge in [-0.05, 0) is 31.5 Å². The molecule has 0 aliphatic heterocycles. The number of carbonyl (C=O) groups is 3. The van der Waals surface area contributed by atoms with E-state index in [1.165, 1.54) is 7.11 Å². The van der Waals surface area contributed by atoms with Gasteiger partial charge in [-0.25, -0.2) is 4.79 Å². The molecule has 0 unspecified atom stereocenters. The highest BCUT2D eigenvalue weighted by Crippen LogP contribution is 2.20. The first-order valence-corrected chi connectivity index (χ1v) is 9.06. The van der Waals surface area contributed by atoms with E-state index in [2.05, 4.69) is 4.98 Å². The van der Waals surface area contributed by atoms with Crippen LogP contribution >= 0.6 is 11.8 Å². The average molecular weight is 375 g/mol. The summed E-state index contributed by atoms with van der Waals surface area (Å²) in [6.45, 7) is 2.97. The molecule has 2 rings (SSSR count). The molecular formula is C19H21NO5S. The number of hydrogen-bond acceptors (Lipinski definition) is 6. The summed E-state index contributed by atoms with van der Waals surface area (Å²) >= 11 is 1.55. The maximum Gasteiger partial charge on any atom is 0.339 e. The van der Waals surface area contributed by atoms with Crippen molar-refractivity contribution >= 4 is 29.5 Å². The van der Waals surface area contributed by atoms with Gasteiger partial charge in [-0.3, -0.25) is 9.59 Å². The maximum absolute atomic E-state index is 12.3. The van der Waals surface area contributed by atoms with Crippen LogP contribution in [0.5, 0.6) is 0 Å². The second-order valence-electron chi connectivity index (χ2n) is 5.61. The minimum absolute atomic E-state index is 0.211. The highest BCUT2D eigenvalue weighted by Gasteiger charge is 2.23. The molecule has 1 aromatic heterocycles. The van der Waals surface area contributed by atoms with E-state index in [4.69, 9.17) is 9.47 Å². The highest BCUT2D eigenvalue weighted by atomic mass is 32.2. The van der Waals surface area contributed by atoms with E-state index in [0.29, 0.717) is 22.6 Å².